The van der Waals surface area contributed by atoms with E-state index in [1.54, 1.807) is 30.3 Å². The largest absolute Gasteiger partial charge is 0.336 e. The number of aromatic amines is 1. The van der Waals surface area contributed by atoms with Gasteiger partial charge in [-0.15, -0.1) is 0 Å². The van der Waals surface area contributed by atoms with Gasteiger partial charge in [0.2, 0.25) is 0 Å². The molecule has 142 valence electrons. The first kappa shape index (κ1) is 16.9. The summed E-state index contributed by atoms with van der Waals surface area (Å²) in [6.07, 6.45) is 0.997. The van der Waals surface area contributed by atoms with Gasteiger partial charge in [-0.1, -0.05) is 6.07 Å². The quantitative estimate of drug-likeness (QED) is 0.745. The van der Waals surface area contributed by atoms with Crippen LogP contribution in [-0.2, 0) is 6.54 Å². The van der Waals surface area contributed by atoms with Crippen molar-refractivity contribution in [3.63, 3.8) is 0 Å². The van der Waals surface area contributed by atoms with Gasteiger partial charge in [0.15, 0.2) is 0 Å². The van der Waals surface area contributed by atoms with Crippen LogP contribution in [0, 0.1) is 11.7 Å². The monoisotopic (exact) mass is 378 g/mol. The van der Waals surface area contributed by atoms with Gasteiger partial charge in [0.05, 0.1) is 5.69 Å². The third kappa shape index (κ3) is 2.83. The van der Waals surface area contributed by atoms with Gasteiger partial charge in [0.1, 0.15) is 11.5 Å². The van der Waals surface area contributed by atoms with E-state index in [0.29, 0.717) is 31.0 Å². The van der Waals surface area contributed by atoms with Crippen LogP contribution in [0.4, 0.5) is 4.39 Å². The number of likely N-dealkylation sites (tertiary alicyclic amines) is 1. The van der Waals surface area contributed by atoms with Gasteiger partial charge in [-0.25, -0.2) is 4.39 Å². The number of piperidine rings is 1. The molecule has 2 atom stereocenters. The van der Waals surface area contributed by atoms with Gasteiger partial charge >= 0.3 is 0 Å². The Kier molecular flexibility index (Phi) is 3.89. The number of nitrogens with one attached hydrogen (secondary N) is 1. The summed E-state index contributed by atoms with van der Waals surface area (Å²) < 4.78 is 15.0. The summed E-state index contributed by atoms with van der Waals surface area (Å²) >= 11 is 0. The molecule has 7 heteroatoms. The van der Waals surface area contributed by atoms with Crippen LogP contribution in [-0.4, -0.2) is 38.7 Å². The lowest BCUT2D eigenvalue weighted by Gasteiger charge is -2.42. The SMILES string of the molecule is O=C(c1cc(-c2ccc(F)cc2)n[nH]1)N1CC2CC(C1)c1cccc(=O)n1C2. The Hall–Kier alpha value is -3.22. The molecule has 2 aliphatic heterocycles. The van der Waals surface area contributed by atoms with E-state index >= 15 is 0 Å². The molecular formula is C21H19FN4O2. The highest BCUT2D eigenvalue weighted by Gasteiger charge is 2.36. The molecule has 4 heterocycles. The number of carbonyl (C=O) groups is 1. The zero-order valence-electron chi connectivity index (χ0n) is 15.1. The van der Waals surface area contributed by atoms with Gasteiger partial charge in [-0.2, -0.15) is 5.10 Å². The Morgan fingerprint density at radius 2 is 1.93 bits per heavy atom. The normalized spacial score (nSPS) is 20.7. The van der Waals surface area contributed by atoms with Gasteiger partial charge in [-0.3, -0.25) is 14.7 Å². The Bertz CT molecular complexity index is 1100. The summed E-state index contributed by atoms with van der Waals surface area (Å²) in [5.41, 5.74) is 2.82. The standard InChI is InChI=1S/C21H19FN4O2/c22-16-6-4-14(5-7-16)17-9-18(24-23-17)21(28)25-10-13-8-15(12-25)19-2-1-3-20(27)26(19)11-13/h1-7,9,13,15H,8,10-12H2,(H,23,24). The lowest BCUT2D eigenvalue weighted by Crippen LogP contribution is -2.49. The fourth-order valence-electron chi connectivity index (χ4n) is 4.43. The predicted octanol–water partition coefficient (Wildman–Crippen LogP) is 2.64. The van der Waals surface area contributed by atoms with E-state index < -0.39 is 0 Å². The minimum Gasteiger partial charge on any atom is -0.336 e. The molecule has 1 N–H and O–H groups in total. The van der Waals surface area contributed by atoms with E-state index in [9.17, 15) is 14.0 Å². The molecule has 6 nitrogen and oxygen atoms in total. The number of hydrogen-bond acceptors (Lipinski definition) is 3. The van der Waals surface area contributed by atoms with Crippen LogP contribution in [0.3, 0.4) is 0 Å². The topological polar surface area (TPSA) is 71.0 Å². The molecular weight excluding hydrogens is 359 g/mol. The number of hydrogen-bond donors (Lipinski definition) is 1. The summed E-state index contributed by atoms with van der Waals surface area (Å²) in [6.45, 7) is 1.86. The maximum atomic E-state index is 13.1. The second-order valence-electron chi connectivity index (χ2n) is 7.58. The third-order valence-corrected chi connectivity index (χ3v) is 5.72. The first-order chi connectivity index (χ1) is 13.6. The van der Waals surface area contributed by atoms with E-state index in [1.165, 1.54) is 12.1 Å². The summed E-state index contributed by atoms with van der Waals surface area (Å²) in [5.74, 6) is 0.0387. The summed E-state index contributed by atoms with van der Waals surface area (Å²) in [7, 11) is 0. The zero-order valence-corrected chi connectivity index (χ0v) is 15.1. The molecule has 1 amide bonds. The Morgan fingerprint density at radius 3 is 2.75 bits per heavy atom. The number of amides is 1. The molecule has 0 radical (unpaired) electrons. The second kappa shape index (κ2) is 6.44. The third-order valence-electron chi connectivity index (χ3n) is 5.72. The molecule has 0 spiro atoms. The van der Waals surface area contributed by atoms with Crippen LogP contribution in [0.25, 0.3) is 11.3 Å². The molecule has 2 aromatic heterocycles. The van der Waals surface area contributed by atoms with Gasteiger partial charge in [0, 0.05) is 42.9 Å². The van der Waals surface area contributed by atoms with E-state index in [-0.39, 0.29) is 29.1 Å². The van der Waals surface area contributed by atoms with Crippen molar-refractivity contribution in [1.29, 1.82) is 0 Å². The number of aromatic nitrogens is 3. The van der Waals surface area contributed by atoms with Crippen molar-refractivity contribution in [2.75, 3.05) is 13.1 Å². The molecule has 2 unspecified atom stereocenters. The maximum absolute atomic E-state index is 13.1. The number of fused-ring (bicyclic) bond motifs is 4. The van der Waals surface area contributed by atoms with Crippen LogP contribution in [0.15, 0.2) is 53.3 Å². The number of halogens is 1. The fraction of sp³-hybridized carbons (Fsp3) is 0.286. The van der Waals surface area contributed by atoms with E-state index in [2.05, 4.69) is 10.2 Å². The van der Waals surface area contributed by atoms with Crippen molar-refractivity contribution in [3.8, 4) is 11.3 Å². The highest BCUT2D eigenvalue weighted by molar-refractivity contribution is 5.93. The minimum absolute atomic E-state index is 0.0319. The van der Waals surface area contributed by atoms with Crippen LogP contribution in [0.1, 0.15) is 28.5 Å². The first-order valence-electron chi connectivity index (χ1n) is 9.39. The minimum atomic E-state index is -0.310. The molecule has 2 aliphatic rings. The molecule has 1 fully saturated rings. The smallest absolute Gasteiger partial charge is 0.271 e. The van der Waals surface area contributed by atoms with Gasteiger partial charge in [0.25, 0.3) is 11.5 Å². The summed E-state index contributed by atoms with van der Waals surface area (Å²) in [4.78, 5) is 27.0. The lowest BCUT2D eigenvalue weighted by atomic mass is 9.83. The predicted molar refractivity (Wildman–Crippen MR) is 101 cm³/mol. The van der Waals surface area contributed by atoms with Crippen molar-refractivity contribution in [1.82, 2.24) is 19.7 Å². The molecule has 1 saturated heterocycles. The summed E-state index contributed by atoms with van der Waals surface area (Å²) in [5, 5.41) is 7.03. The van der Waals surface area contributed by atoms with Crippen molar-refractivity contribution < 1.29 is 9.18 Å². The average molecular weight is 378 g/mol. The van der Waals surface area contributed by atoms with Crippen LogP contribution in [0.2, 0.25) is 0 Å². The van der Waals surface area contributed by atoms with Crippen LogP contribution in [0.5, 0.6) is 0 Å². The van der Waals surface area contributed by atoms with Gasteiger partial charge < -0.3 is 9.47 Å². The van der Waals surface area contributed by atoms with Gasteiger partial charge in [-0.05, 0) is 48.7 Å². The maximum Gasteiger partial charge on any atom is 0.271 e. The second-order valence-corrected chi connectivity index (χ2v) is 7.58. The van der Waals surface area contributed by atoms with Crippen LogP contribution < -0.4 is 5.56 Å². The van der Waals surface area contributed by atoms with E-state index in [1.807, 2.05) is 15.5 Å². The highest BCUT2D eigenvalue weighted by atomic mass is 19.1. The van der Waals surface area contributed by atoms with Crippen molar-refractivity contribution in [2.45, 2.75) is 18.9 Å². The van der Waals surface area contributed by atoms with Crippen molar-refractivity contribution >= 4 is 5.91 Å². The molecule has 3 aromatic rings. The number of nitrogens with zero attached hydrogens (tertiary/aromatic N) is 3. The number of carbonyl (C=O) groups excluding carboxylic acids is 1. The number of pyridine rings is 1. The number of H-pyrrole nitrogens is 1. The molecule has 2 bridgehead atoms. The van der Waals surface area contributed by atoms with E-state index in [4.69, 9.17) is 0 Å². The highest BCUT2D eigenvalue weighted by Crippen LogP contribution is 2.35. The first-order valence-corrected chi connectivity index (χ1v) is 9.39. The lowest BCUT2D eigenvalue weighted by molar-refractivity contribution is 0.0588. The Morgan fingerprint density at radius 1 is 1.11 bits per heavy atom. The summed E-state index contributed by atoms with van der Waals surface area (Å²) in [6, 6.07) is 13.1. The van der Waals surface area contributed by atoms with Crippen LogP contribution >= 0.6 is 0 Å². The van der Waals surface area contributed by atoms with Crippen molar-refractivity contribution in [3.05, 3.63) is 76.1 Å². The molecule has 28 heavy (non-hydrogen) atoms. The van der Waals surface area contributed by atoms with Crippen molar-refractivity contribution in [2.24, 2.45) is 5.92 Å². The average Bonchev–Trinajstić information content (AvgIpc) is 3.19. The van der Waals surface area contributed by atoms with E-state index in [0.717, 1.165) is 17.7 Å². The molecule has 5 rings (SSSR count). The molecule has 1 aromatic carbocycles. The Balaban J connectivity index is 1.39. The Labute approximate surface area is 160 Å². The molecule has 0 saturated carbocycles. The molecule has 0 aliphatic carbocycles. The number of benzene rings is 1. The zero-order chi connectivity index (χ0) is 19.3. The fourth-order valence-corrected chi connectivity index (χ4v) is 4.43. The number of rotatable bonds is 2.